The normalized spacial score (nSPS) is 18.6. The molecule has 2 aliphatic carbocycles. The monoisotopic (exact) mass is 559 g/mol. The first-order chi connectivity index (χ1) is 19.5. The highest BCUT2D eigenvalue weighted by molar-refractivity contribution is 7.85. The van der Waals surface area contributed by atoms with E-state index in [0.29, 0.717) is 0 Å². The topological polar surface area (TPSA) is 100 Å². The summed E-state index contributed by atoms with van der Waals surface area (Å²) in [6, 6.07) is 18.5. The van der Waals surface area contributed by atoms with Gasteiger partial charge < -0.3 is 15.0 Å². The largest absolute Gasteiger partial charge is 0.497 e. The van der Waals surface area contributed by atoms with Gasteiger partial charge in [-0.25, -0.2) is 4.68 Å². The predicted molar refractivity (Wildman–Crippen MR) is 158 cm³/mol. The van der Waals surface area contributed by atoms with Gasteiger partial charge in [-0.05, 0) is 55.5 Å². The van der Waals surface area contributed by atoms with Crippen LogP contribution in [0, 0.1) is 17.2 Å². The van der Waals surface area contributed by atoms with Crippen LogP contribution in [0.15, 0.2) is 60.9 Å². The van der Waals surface area contributed by atoms with Crippen LogP contribution >= 0.6 is 0 Å². The van der Waals surface area contributed by atoms with Gasteiger partial charge >= 0.3 is 0 Å². The predicted octanol–water partition coefficient (Wildman–Crippen LogP) is 4.86. The Labute approximate surface area is 238 Å². The van der Waals surface area contributed by atoms with Crippen molar-refractivity contribution in [3.05, 3.63) is 60.9 Å². The molecule has 1 aromatic heterocycles. The Morgan fingerprint density at radius 3 is 2.42 bits per heavy atom. The maximum atomic E-state index is 11.8. The summed E-state index contributed by atoms with van der Waals surface area (Å²) < 4.78 is 18.6. The second kappa shape index (κ2) is 12.7. The van der Waals surface area contributed by atoms with Crippen LogP contribution in [0.4, 0.5) is 5.69 Å². The van der Waals surface area contributed by atoms with Gasteiger partial charge in [0, 0.05) is 64.8 Å². The Kier molecular flexibility index (Phi) is 8.85. The molecule has 0 unspecified atom stereocenters. The molecule has 1 amide bonds. The molecule has 8 nitrogen and oxygen atoms in total. The van der Waals surface area contributed by atoms with E-state index in [1.807, 2.05) is 41.3 Å². The average molecular weight is 560 g/mol. The molecule has 2 aromatic carbocycles. The smallest absolute Gasteiger partial charge is 0.224 e. The van der Waals surface area contributed by atoms with E-state index < -0.39 is 16.3 Å². The summed E-state index contributed by atoms with van der Waals surface area (Å²) in [4.78, 5) is 14.0. The molecule has 3 fully saturated rings. The van der Waals surface area contributed by atoms with Gasteiger partial charge in [-0.15, -0.1) is 0 Å². The van der Waals surface area contributed by atoms with E-state index >= 15 is 0 Å². The maximum absolute atomic E-state index is 11.8. The maximum Gasteiger partial charge on any atom is 0.224 e. The molecule has 6 rings (SSSR count). The molecule has 0 spiro atoms. The van der Waals surface area contributed by atoms with Gasteiger partial charge in [0.15, 0.2) is 0 Å². The molecule has 3 aliphatic rings. The zero-order valence-electron chi connectivity index (χ0n) is 23.1. The van der Waals surface area contributed by atoms with E-state index in [2.05, 4.69) is 45.7 Å². The molecular weight excluding hydrogens is 522 g/mol. The second-order valence-electron chi connectivity index (χ2n) is 10.8. The SMILES string of the molecule is COc1cccc(-n2cc(-c3ccc(N4CCS(=O)CC4)cc3)cn2)c1.N#CC1(NC(=O)C2CCCCC2)CC1. The number of nitriles is 1. The molecule has 0 atom stereocenters. The highest BCUT2D eigenvalue weighted by Crippen LogP contribution is 2.35. The lowest BCUT2D eigenvalue weighted by Crippen LogP contribution is -2.40. The quantitative estimate of drug-likeness (QED) is 0.463. The number of amides is 1. The minimum atomic E-state index is -0.648. The van der Waals surface area contributed by atoms with Crippen LogP contribution in [0.3, 0.4) is 0 Å². The molecule has 40 heavy (non-hydrogen) atoms. The van der Waals surface area contributed by atoms with Crippen molar-refractivity contribution in [2.75, 3.05) is 36.6 Å². The Hall–Kier alpha value is -3.64. The molecule has 9 heteroatoms. The molecule has 3 aromatic rings. The van der Waals surface area contributed by atoms with Crippen molar-refractivity contribution in [1.82, 2.24) is 15.1 Å². The fourth-order valence-corrected chi connectivity index (χ4v) is 6.27. The first-order valence-corrected chi connectivity index (χ1v) is 15.6. The lowest BCUT2D eigenvalue weighted by molar-refractivity contribution is -0.126. The number of carbonyl (C=O) groups is 1. The number of carbonyl (C=O) groups excluding carboxylic acids is 1. The molecule has 0 bridgehead atoms. The number of ether oxygens (including phenoxy) is 1. The van der Waals surface area contributed by atoms with Gasteiger partial charge in [-0.1, -0.05) is 37.5 Å². The summed E-state index contributed by atoms with van der Waals surface area (Å²) in [6.07, 6.45) is 11.2. The van der Waals surface area contributed by atoms with Gasteiger partial charge in [0.2, 0.25) is 5.91 Å². The number of nitrogens with zero attached hydrogens (tertiary/aromatic N) is 4. The third kappa shape index (κ3) is 6.92. The Bertz CT molecular complexity index is 1360. The number of hydrogen-bond donors (Lipinski definition) is 1. The second-order valence-corrected chi connectivity index (χ2v) is 12.5. The van der Waals surface area contributed by atoms with Gasteiger partial charge in [0.05, 0.1) is 25.1 Å². The zero-order valence-corrected chi connectivity index (χ0v) is 23.9. The Morgan fingerprint density at radius 2 is 1.77 bits per heavy atom. The molecule has 1 N–H and O–H groups in total. The summed E-state index contributed by atoms with van der Waals surface area (Å²) in [7, 11) is 1.01. The molecule has 1 aliphatic heterocycles. The van der Waals surface area contributed by atoms with Crippen LogP contribution in [0.1, 0.15) is 44.9 Å². The van der Waals surface area contributed by atoms with Gasteiger partial charge in [-0.2, -0.15) is 10.4 Å². The molecule has 1 saturated heterocycles. The summed E-state index contributed by atoms with van der Waals surface area (Å²) in [5, 5.41) is 16.2. The first kappa shape index (κ1) is 27.9. The molecule has 210 valence electrons. The van der Waals surface area contributed by atoms with Crippen LogP contribution < -0.4 is 15.0 Å². The Morgan fingerprint density at radius 1 is 1.05 bits per heavy atom. The summed E-state index contributed by atoms with van der Waals surface area (Å²) in [6.45, 7) is 1.72. The van der Waals surface area contributed by atoms with Gasteiger partial charge in [0.25, 0.3) is 0 Å². The van der Waals surface area contributed by atoms with Gasteiger partial charge in [-0.3, -0.25) is 9.00 Å². The van der Waals surface area contributed by atoms with Crippen molar-refractivity contribution in [3.63, 3.8) is 0 Å². The van der Waals surface area contributed by atoms with Crippen LogP contribution in [0.2, 0.25) is 0 Å². The number of aromatic nitrogens is 2. The molecule has 2 heterocycles. The summed E-state index contributed by atoms with van der Waals surface area (Å²) >= 11 is 0. The number of hydrogen-bond acceptors (Lipinski definition) is 6. The third-order valence-corrected chi connectivity index (χ3v) is 9.22. The minimum absolute atomic E-state index is 0.115. The standard InChI is InChI=1S/C20H21N3O2S.C11H16N2O/c1-25-20-4-2-3-19(13-20)23-15-17(14-21-23)16-5-7-18(8-6-16)22-9-11-26(24)12-10-22;12-8-11(6-7-11)13-10(14)9-4-2-1-3-5-9/h2-8,13-15H,9-12H2,1H3;9H,1-7H2,(H,13,14). The summed E-state index contributed by atoms with van der Waals surface area (Å²) in [5.74, 6) is 2.62. The van der Waals surface area contributed by atoms with E-state index in [-0.39, 0.29) is 11.8 Å². The van der Waals surface area contributed by atoms with Crippen molar-refractivity contribution in [2.24, 2.45) is 5.92 Å². The van der Waals surface area contributed by atoms with Crippen molar-refractivity contribution >= 4 is 22.4 Å². The van der Waals surface area contributed by atoms with Crippen molar-refractivity contribution in [2.45, 2.75) is 50.5 Å². The zero-order chi connectivity index (χ0) is 28.0. The minimum Gasteiger partial charge on any atom is -0.497 e. The van der Waals surface area contributed by atoms with Crippen LogP contribution in [-0.2, 0) is 15.6 Å². The number of methoxy groups -OCH3 is 1. The lowest BCUT2D eigenvalue weighted by Gasteiger charge is -2.28. The van der Waals surface area contributed by atoms with E-state index in [0.717, 1.165) is 85.7 Å². The van der Waals surface area contributed by atoms with Crippen molar-refractivity contribution < 1.29 is 13.7 Å². The molecule has 0 radical (unpaired) electrons. The van der Waals surface area contributed by atoms with Crippen molar-refractivity contribution in [3.8, 4) is 28.6 Å². The lowest BCUT2D eigenvalue weighted by atomic mass is 9.88. The molecule has 2 saturated carbocycles. The number of benzene rings is 2. The van der Waals surface area contributed by atoms with Gasteiger partial charge in [0.1, 0.15) is 11.3 Å². The summed E-state index contributed by atoms with van der Waals surface area (Å²) in [5.41, 5.74) is 3.87. The highest BCUT2D eigenvalue weighted by atomic mass is 32.2. The van der Waals surface area contributed by atoms with Crippen molar-refractivity contribution in [1.29, 1.82) is 5.26 Å². The Balaban J connectivity index is 0.000000194. The van der Waals surface area contributed by atoms with Crippen LogP contribution in [-0.4, -0.2) is 57.1 Å². The van der Waals surface area contributed by atoms with Crippen LogP contribution in [0.25, 0.3) is 16.8 Å². The van der Waals surface area contributed by atoms with Crippen LogP contribution in [0.5, 0.6) is 5.75 Å². The van der Waals surface area contributed by atoms with E-state index in [1.165, 1.54) is 12.1 Å². The fourth-order valence-electron chi connectivity index (χ4n) is 5.22. The highest BCUT2D eigenvalue weighted by Gasteiger charge is 2.45. The first-order valence-electron chi connectivity index (χ1n) is 14.1. The van der Waals surface area contributed by atoms with E-state index in [4.69, 9.17) is 10.00 Å². The fraction of sp³-hybridized carbons (Fsp3) is 0.452. The number of anilines is 1. The average Bonchev–Trinajstić information content (AvgIpc) is 3.61. The van der Waals surface area contributed by atoms with E-state index in [1.54, 1.807) is 7.11 Å². The number of rotatable bonds is 6. The van der Waals surface area contributed by atoms with E-state index in [9.17, 15) is 9.00 Å². The molecular formula is C31H37N5O3S. The number of nitrogens with one attached hydrogen (secondary N) is 1. The third-order valence-electron chi connectivity index (χ3n) is 7.95.